The van der Waals surface area contributed by atoms with E-state index in [0.717, 1.165) is 0 Å². The zero-order valence-corrected chi connectivity index (χ0v) is 21.0. The van der Waals surface area contributed by atoms with Crippen LogP contribution in [0.4, 0.5) is 0 Å². The first-order valence-corrected chi connectivity index (χ1v) is 10.3. The molecular weight excluding hydrogens is 377 g/mol. The van der Waals surface area contributed by atoms with Crippen molar-refractivity contribution >= 4 is 69.0 Å². The van der Waals surface area contributed by atoms with Crippen LogP contribution in [0.25, 0.3) is 0 Å². The van der Waals surface area contributed by atoms with E-state index in [2.05, 4.69) is 75.8 Å². The van der Waals surface area contributed by atoms with Crippen molar-refractivity contribution in [1.29, 1.82) is 0 Å². The quantitative estimate of drug-likeness (QED) is 0.564. The molecule has 0 bridgehead atoms. The van der Waals surface area contributed by atoms with Gasteiger partial charge in [0.05, 0.1) is 0 Å². The number of hydrogen-bond acceptors (Lipinski definition) is 0. The van der Waals surface area contributed by atoms with E-state index in [4.69, 9.17) is 0 Å². The molecule has 2 nitrogen and oxygen atoms in total. The van der Waals surface area contributed by atoms with Crippen LogP contribution in [0.3, 0.4) is 0 Å². The van der Waals surface area contributed by atoms with Gasteiger partial charge in [-0.1, -0.05) is 53.7 Å². The maximum absolute atomic E-state index is 3.36. The monoisotopic (exact) mass is 416 g/mol. The molecule has 136 valence electrons. The number of aromatic amines is 2. The van der Waals surface area contributed by atoms with Crippen LogP contribution in [-0.4, -0.2) is 67.7 Å². The van der Waals surface area contributed by atoms with E-state index in [-0.39, 0.29) is 57.8 Å². The maximum Gasteiger partial charge on any atom is 2.00 e. The van der Waals surface area contributed by atoms with Crippen LogP contribution in [0.1, 0.15) is 41.5 Å². The minimum absolute atomic E-state index is 0. The van der Waals surface area contributed by atoms with Gasteiger partial charge in [-0.2, -0.15) is 37.9 Å². The Balaban J connectivity index is 0.000000443. The van der Waals surface area contributed by atoms with E-state index in [1.807, 2.05) is 12.4 Å². The molecule has 0 radical (unpaired) electrons. The standard InChI is InChI=1S/2C10H19BN.Sr/c2*1-4-11(5-2,6-3)10-8-7-9-12-10;/h2*7-9,12H,4-6H2,1-3H3;/q2*-1;+2. The van der Waals surface area contributed by atoms with Crippen LogP contribution in [-0.2, 0) is 0 Å². The molecule has 0 aromatic carbocycles. The maximum atomic E-state index is 3.36. The van der Waals surface area contributed by atoms with Gasteiger partial charge in [-0.25, -0.2) is 0 Å². The number of aromatic nitrogens is 2. The molecule has 5 heteroatoms. The molecule has 2 N–H and O–H groups in total. The third-order valence-corrected chi connectivity index (χ3v) is 7.25. The van der Waals surface area contributed by atoms with Crippen LogP contribution in [0.2, 0.25) is 37.9 Å². The van der Waals surface area contributed by atoms with E-state index in [9.17, 15) is 0 Å². The minimum atomic E-state index is -0.278. The van der Waals surface area contributed by atoms with Crippen molar-refractivity contribution in [2.75, 3.05) is 0 Å². The summed E-state index contributed by atoms with van der Waals surface area (Å²) in [5, 5.41) is 0. The third-order valence-electron chi connectivity index (χ3n) is 7.25. The van der Waals surface area contributed by atoms with Gasteiger partial charge in [-0.15, -0.1) is 11.2 Å². The van der Waals surface area contributed by atoms with Crippen molar-refractivity contribution < 1.29 is 0 Å². The summed E-state index contributed by atoms with van der Waals surface area (Å²) in [6.45, 7) is 13.8. The fourth-order valence-electron chi connectivity index (χ4n) is 4.50. The van der Waals surface area contributed by atoms with Crippen molar-refractivity contribution in [3.63, 3.8) is 0 Å². The van der Waals surface area contributed by atoms with Crippen LogP contribution in [0, 0.1) is 0 Å². The van der Waals surface area contributed by atoms with Gasteiger partial charge in [0.15, 0.2) is 0 Å². The molecular formula is C20H38B2N2Sr. The number of nitrogens with one attached hydrogen (secondary N) is 2. The SMILES string of the molecule is CC[B-](CC)(CC)c1ccc[nH]1.CC[B-](CC)(CC)c1ccc[nH]1.[Sr+2]. The van der Waals surface area contributed by atoms with Crippen LogP contribution in [0.15, 0.2) is 36.7 Å². The van der Waals surface area contributed by atoms with Crippen molar-refractivity contribution in [2.24, 2.45) is 0 Å². The second-order valence-corrected chi connectivity index (χ2v) is 7.66. The van der Waals surface area contributed by atoms with Crippen molar-refractivity contribution in [3.8, 4) is 0 Å². The van der Waals surface area contributed by atoms with Gasteiger partial charge in [0.2, 0.25) is 0 Å². The van der Waals surface area contributed by atoms with Gasteiger partial charge in [0.25, 0.3) is 0 Å². The van der Waals surface area contributed by atoms with Crippen molar-refractivity contribution in [2.45, 2.75) is 79.5 Å². The molecule has 0 spiro atoms. The molecule has 0 saturated carbocycles. The fourth-order valence-corrected chi connectivity index (χ4v) is 4.50. The van der Waals surface area contributed by atoms with Gasteiger partial charge < -0.3 is 9.97 Å². The van der Waals surface area contributed by atoms with Crippen molar-refractivity contribution in [3.05, 3.63) is 36.7 Å². The Morgan fingerprint density at radius 2 is 0.880 bits per heavy atom. The topological polar surface area (TPSA) is 31.6 Å². The van der Waals surface area contributed by atoms with Gasteiger partial charge in [0.1, 0.15) is 0 Å². The average molecular weight is 416 g/mol. The van der Waals surface area contributed by atoms with E-state index in [1.165, 1.54) is 49.1 Å². The Labute approximate surface area is 193 Å². The summed E-state index contributed by atoms with van der Waals surface area (Å²) in [5.74, 6) is 0. The summed E-state index contributed by atoms with van der Waals surface area (Å²) in [4.78, 5) is 6.72. The predicted octanol–water partition coefficient (Wildman–Crippen LogP) is 5.08. The molecule has 0 atom stereocenters. The van der Waals surface area contributed by atoms with Crippen molar-refractivity contribution in [1.82, 2.24) is 9.97 Å². The smallest absolute Gasteiger partial charge is 0.403 e. The predicted molar refractivity (Wildman–Crippen MR) is 121 cm³/mol. The molecule has 2 rings (SSSR count). The summed E-state index contributed by atoms with van der Waals surface area (Å²) in [7, 11) is 0. The van der Waals surface area contributed by atoms with Gasteiger partial charge >= 0.3 is 45.5 Å². The van der Waals surface area contributed by atoms with Crippen LogP contribution < -0.4 is 11.2 Å². The Bertz CT molecular complexity index is 463. The molecule has 0 aliphatic rings. The Hall–Kier alpha value is 0.170. The summed E-state index contributed by atoms with van der Waals surface area (Å²) in [6, 6.07) is 8.67. The van der Waals surface area contributed by atoms with Gasteiger partial charge in [0, 0.05) is 12.3 Å². The van der Waals surface area contributed by atoms with Gasteiger partial charge in [-0.3, -0.25) is 0 Å². The van der Waals surface area contributed by atoms with Crippen LogP contribution >= 0.6 is 0 Å². The summed E-state index contributed by atoms with van der Waals surface area (Å²) in [6.07, 6.45) is 11.2. The van der Waals surface area contributed by atoms with Crippen LogP contribution in [0.5, 0.6) is 0 Å². The molecule has 2 aromatic heterocycles. The Morgan fingerprint density at radius 1 is 0.600 bits per heavy atom. The Morgan fingerprint density at radius 3 is 1.04 bits per heavy atom. The van der Waals surface area contributed by atoms with E-state index < -0.39 is 0 Å². The van der Waals surface area contributed by atoms with E-state index in [1.54, 1.807) is 0 Å². The second-order valence-electron chi connectivity index (χ2n) is 7.66. The number of H-pyrrole nitrogens is 2. The molecule has 2 aromatic rings. The first-order valence-electron chi connectivity index (χ1n) is 10.3. The molecule has 25 heavy (non-hydrogen) atoms. The molecule has 2 heterocycles. The summed E-state index contributed by atoms with van der Waals surface area (Å²) in [5.41, 5.74) is 2.92. The zero-order valence-electron chi connectivity index (χ0n) is 17.6. The fraction of sp³-hybridized carbons (Fsp3) is 0.600. The first-order chi connectivity index (χ1) is 11.6. The van der Waals surface area contributed by atoms with E-state index >= 15 is 0 Å². The normalized spacial score (nSPS) is 11.4. The first kappa shape index (κ1) is 25.2. The summed E-state index contributed by atoms with van der Waals surface area (Å²) >= 11 is 0. The largest absolute Gasteiger partial charge is 2.00 e. The zero-order chi connectivity index (χ0) is 18.1. The van der Waals surface area contributed by atoms with Gasteiger partial charge in [-0.05, 0) is 24.5 Å². The molecule has 0 aliphatic heterocycles. The molecule has 0 aliphatic carbocycles. The third kappa shape index (κ3) is 6.09. The summed E-state index contributed by atoms with van der Waals surface area (Å²) < 4.78 is 0. The average Bonchev–Trinajstić information content (AvgIpc) is 3.34. The minimum Gasteiger partial charge on any atom is -0.403 e. The molecule has 0 fully saturated rings. The Kier molecular flexibility index (Phi) is 12.6. The second kappa shape index (κ2) is 12.5. The number of rotatable bonds is 8. The van der Waals surface area contributed by atoms with E-state index in [0.29, 0.717) is 0 Å². The molecule has 0 unspecified atom stereocenters. The number of hydrogen-bond donors (Lipinski definition) is 2. The molecule has 0 amide bonds. The molecule has 0 saturated heterocycles.